The van der Waals surface area contributed by atoms with E-state index in [4.69, 9.17) is 20.4 Å². The van der Waals surface area contributed by atoms with Gasteiger partial charge in [-0.25, -0.2) is 4.98 Å². The molecule has 1 fully saturated rings. The van der Waals surface area contributed by atoms with Crippen LogP contribution in [0.3, 0.4) is 0 Å². The number of nitrogens with two attached hydrogens (primary N) is 1. The van der Waals surface area contributed by atoms with Gasteiger partial charge in [-0.1, -0.05) is 36.4 Å². The fourth-order valence-electron chi connectivity index (χ4n) is 5.51. The Hall–Kier alpha value is -4.23. The van der Waals surface area contributed by atoms with Gasteiger partial charge in [-0.05, 0) is 61.7 Å². The minimum atomic E-state index is -0.232. The summed E-state index contributed by atoms with van der Waals surface area (Å²) in [6.07, 6.45) is 6.73. The van der Waals surface area contributed by atoms with E-state index in [0.717, 1.165) is 53.3 Å². The van der Waals surface area contributed by atoms with Crippen LogP contribution in [0.25, 0.3) is 11.3 Å². The van der Waals surface area contributed by atoms with Crippen LogP contribution >= 0.6 is 0 Å². The van der Waals surface area contributed by atoms with Crippen molar-refractivity contribution < 1.29 is 9.53 Å². The molecule has 7 nitrogen and oxygen atoms in total. The summed E-state index contributed by atoms with van der Waals surface area (Å²) in [7, 11) is 0. The largest absolute Gasteiger partial charge is 0.397 e. The standard InChI is InChI=1S/C30H29N5O2/c1-20-28(35-17-5-4-8-27(35)32-20)25-13-14-26(33-25)30(15-18-37-19-16-30)22-11-9-21(10-12-22)29(36)34-24-7-3-2-6-23(24)31/h2-13,17H,14-16,18-19,31H2,1H3,(H,34,36). The van der Waals surface area contributed by atoms with E-state index in [1.807, 2.05) is 55.6 Å². The average Bonchev–Trinajstić information content (AvgIpc) is 3.54. The predicted octanol–water partition coefficient (Wildman–Crippen LogP) is 5.41. The number of nitrogens with one attached hydrogen (secondary N) is 1. The average molecular weight is 492 g/mol. The van der Waals surface area contributed by atoms with E-state index in [0.29, 0.717) is 30.2 Å². The van der Waals surface area contributed by atoms with E-state index in [-0.39, 0.29) is 11.3 Å². The molecule has 0 bridgehead atoms. The first-order chi connectivity index (χ1) is 18.0. The normalized spacial score (nSPS) is 16.9. The van der Waals surface area contributed by atoms with Crippen molar-refractivity contribution in [3.05, 3.63) is 102 Å². The topological polar surface area (TPSA) is 94.0 Å². The lowest BCUT2D eigenvalue weighted by molar-refractivity contribution is 0.0705. The van der Waals surface area contributed by atoms with E-state index in [2.05, 4.69) is 27.9 Å². The maximum absolute atomic E-state index is 12.9. The number of rotatable bonds is 5. The number of aliphatic imine (C=N–C) groups is 1. The van der Waals surface area contributed by atoms with Gasteiger partial charge in [0.25, 0.3) is 5.91 Å². The number of imidazole rings is 1. The summed E-state index contributed by atoms with van der Waals surface area (Å²) in [5.41, 5.74) is 13.7. The van der Waals surface area contributed by atoms with Crippen LogP contribution in [-0.2, 0) is 10.2 Å². The third kappa shape index (κ3) is 4.11. The first kappa shape index (κ1) is 23.2. The number of nitrogens with zero attached hydrogens (tertiary/aromatic N) is 3. The van der Waals surface area contributed by atoms with E-state index in [9.17, 15) is 4.79 Å². The smallest absolute Gasteiger partial charge is 0.255 e. The van der Waals surface area contributed by atoms with E-state index in [1.54, 1.807) is 12.1 Å². The second-order valence-corrected chi connectivity index (χ2v) is 9.64. The molecule has 0 spiro atoms. The number of benzene rings is 2. The van der Waals surface area contributed by atoms with Crippen LogP contribution in [0, 0.1) is 6.92 Å². The number of nitrogen functional groups attached to an aromatic ring is 1. The van der Waals surface area contributed by atoms with Gasteiger partial charge in [-0.2, -0.15) is 0 Å². The maximum atomic E-state index is 12.9. The number of amides is 1. The molecule has 0 atom stereocenters. The molecule has 4 heterocycles. The molecule has 2 aromatic carbocycles. The SMILES string of the molecule is Cc1nc2ccccn2c1C1=CCC(C2(c3ccc(C(=O)Nc4ccccc4N)cc3)CCOCC2)=N1. The number of ether oxygens (including phenoxy) is 1. The lowest BCUT2D eigenvalue weighted by Gasteiger charge is -2.38. The molecule has 7 heteroatoms. The Balaban J connectivity index is 1.31. The minimum absolute atomic E-state index is 0.185. The molecule has 3 N–H and O–H groups in total. The number of anilines is 2. The van der Waals surface area contributed by atoms with Crippen molar-refractivity contribution in [2.45, 2.75) is 31.6 Å². The fourth-order valence-corrected chi connectivity index (χ4v) is 5.51. The molecule has 1 amide bonds. The lowest BCUT2D eigenvalue weighted by atomic mass is 9.69. The Labute approximate surface area is 215 Å². The van der Waals surface area contributed by atoms with E-state index in [1.165, 1.54) is 0 Å². The molecule has 0 unspecified atom stereocenters. The first-order valence-corrected chi connectivity index (χ1v) is 12.6. The number of hydrogen-bond acceptors (Lipinski definition) is 5. The summed E-state index contributed by atoms with van der Waals surface area (Å²) < 4.78 is 7.87. The summed E-state index contributed by atoms with van der Waals surface area (Å²) >= 11 is 0. The number of para-hydroxylation sites is 2. The van der Waals surface area contributed by atoms with Crippen LogP contribution in [0.15, 0.2) is 84.0 Å². The molecule has 37 heavy (non-hydrogen) atoms. The van der Waals surface area contributed by atoms with Crippen LogP contribution in [-0.4, -0.2) is 34.2 Å². The summed E-state index contributed by atoms with van der Waals surface area (Å²) in [4.78, 5) is 22.8. The molecule has 0 aliphatic carbocycles. The van der Waals surface area contributed by atoms with Gasteiger partial charge in [0, 0.05) is 42.5 Å². The monoisotopic (exact) mass is 491 g/mol. The van der Waals surface area contributed by atoms with Crippen molar-refractivity contribution in [1.82, 2.24) is 9.38 Å². The quantitative estimate of drug-likeness (QED) is 0.365. The van der Waals surface area contributed by atoms with Crippen LogP contribution < -0.4 is 11.1 Å². The molecule has 186 valence electrons. The first-order valence-electron chi connectivity index (χ1n) is 12.6. The van der Waals surface area contributed by atoms with Crippen LogP contribution in [0.4, 0.5) is 11.4 Å². The second kappa shape index (κ2) is 9.33. The molecule has 0 radical (unpaired) electrons. The zero-order valence-electron chi connectivity index (χ0n) is 20.8. The highest BCUT2D eigenvalue weighted by atomic mass is 16.5. The van der Waals surface area contributed by atoms with Crippen LogP contribution in [0.2, 0.25) is 0 Å². The molecular formula is C30H29N5O2. The number of allylic oxidation sites excluding steroid dienone is 1. The number of hydrogen-bond donors (Lipinski definition) is 2. The predicted molar refractivity (Wildman–Crippen MR) is 147 cm³/mol. The number of aromatic nitrogens is 2. The summed E-state index contributed by atoms with van der Waals surface area (Å²) in [5, 5.41) is 2.91. The van der Waals surface area contributed by atoms with Crippen molar-refractivity contribution >= 4 is 34.3 Å². The molecule has 1 saturated heterocycles. The zero-order valence-corrected chi connectivity index (χ0v) is 20.8. The third-order valence-corrected chi connectivity index (χ3v) is 7.50. The van der Waals surface area contributed by atoms with E-state index >= 15 is 0 Å². The van der Waals surface area contributed by atoms with Gasteiger partial charge >= 0.3 is 0 Å². The molecule has 0 saturated carbocycles. The van der Waals surface area contributed by atoms with Gasteiger partial charge < -0.3 is 15.8 Å². The van der Waals surface area contributed by atoms with Crippen molar-refractivity contribution in [2.75, 3.05) is 24.3 Å². The zero-order chi connectivity index (χ0) is 25.4. The van der Waals surface area contributed by atoms with Gasteiger partial charge in [0.2, 0.25) is 0 Å². The molecule has 6 rings (SSSR count). The Morgan fingerprint density at radius 1 is 1.03 bits per heavy atom. The van der Waals surface area contributed by atoms with Gasteiger partial charge in [-0.3, -0.25) is 14.2 Å². The van der Waals surface area contributed by atoms with Gasteiger partial charge in [0.15, 0.2) is 0 Å². The maximum Gasteiger partial charge on any atom is 0.255 e. The highest BCUT2D eigenvalue weighted by Crippen LogP contribution is 2.41. The number of fused-ring (bicyclic) bond motifs is 1. The van der Waals surface area contributed by atoms with Crippen molar-refractivity contribution in [3.63, 3.8) is 0 Å². The summed E-state index contributed by atoms with van der Waals surface area (Å²) in [6.45, 7) is 3.39. The fraction of sp³-hybridized carbons (Fsp3) is 0.233. The third-order valence-electron chi connectivity index (χ3n) is 7.50. The molecule has 2 aliphatic heterocycles. The van der Waals surface area contributed by atoms with Crippen molar-refractivity contribution in [3.8, 4) is 0 Å². The molecular weight excluding hydrogens is 462 g/mol. The Morgan fingerprint density at radius 3 is 2.57 bits per heavy atom. The number of aryl methyl sites for hydroxylation is 1. The number of pyridine rings is 1. The van der Waals surface area contributed by atoms with Crippen LogP contribution in [0.5, 0.6) is 0 Å². The highest BCUT2D eigenvalue weighted by molar-refractivity contribution is 6.06. The van der Waals surface area contributed by atoms with Gasteiger partial charge in [-0.15, -0.1) is 0 Å². The number of carbonyl (C=O) groups is 1. The van der Waals surface area contributed by atoms with Gasteiger partial charge in [0.1, 0.15) is 5.65 Å². The molecule has 2 aliphatic rings. The molecule has 2 aromatic heterocycles. The van der Waals surface area contributed by atoms with E-state index < -0.39 is 0 Å². The second-order valence-electron chi connectivity index (χ2n) is 9.64. The molecule has 4 aromatic rings. The Kier molecular flexibility index (Phi) is 5.85. The Bertz CT molecular complexity index is 1540. The summed E-state index contributed by atoms with van der Waals surface area (Å²) in [6, 6.07) is 21.2. The number of carbonyl (C=O) groups excluding carboxylic acids is 1. The van der Waals surface area contributed by atoms with Gasteiger partial charge in [0.05, 0.1) is 28.5 Å². The Morgan fingerprint density at radius 2 is 1.78 bits per heavy atom. The lowest BCUT2D eigenvalue weighted by Crippen LogP contribution is -2.40. The minimum Gasteiger partial charge on any atom is -0.397 e. The van der Waals surface area contributed by atoms with Crippen molar-refractivity contribution in [1.29, 1.82) is 0 Å². The highest BCUT2D eigenvalue weighted by Gasteiger charge is 2.40. The van der Waals surface area contributed by atoms with Crippen molar-refractivity contribution in [2.24, 2.45) is 4.99 Å². The van der Waals surface area contributed by atoms with Crippen LogP contribution in [0.1, 0.15) is 46.6 Å². The summed E-state index contributed by atoms with van der Waals surface area (Å²) in [5.74, 6) is -0.185.